The quantitative estimate of drug-likeness (QED) is 0.610. The van der Waals surface area contributed by atoms with Gasteiger partial charge in [-0.1, -0.05) is 37.3 Å². The van der Waals surface area contributed by atoms with E-state index in [0.717, 1.165) is 33.5 Å². The van der Waals surface area contributed by atoms with Gasteiger partial charge in [0.2, 0.25) is 0 Å². The van der Waals surface area contributed by atoms with Crippen molar-refractivity contribution in [3.8, 4) is 11.5 Å². The van der Waals surface area contributed by atoms with E-state index in [2.05, 4.69) is 28.2 Å². The standard InChI is InChI=1S/C20H26BrNO3/c1-3-10-25-20-17(21)11-15(12-19(20)24-4-2)13-22-14-18(23)16-8-6-5-7-9-16/h5-9,11-12,18,22-23H,3-4,10,13-14H2,1-2H3/t18-/m1/s1. The molecule has 2 N–H and O–H groups in total. The maximum absolute atomic E-state index is 10.2. The molecule has 0 aromatic heterocycles. The van der Waals surface area contributed by atoms with E-state index < -0.39 is 6.10 Å². The summed E-state index contributed by atoms with van der Waals surface area (Å²) in [4.78, 5) is 0. The average molecular weight is 408 g/mol. The van der Waals surface area contributed by atoms with Crippen LogP contribution in [0.2, 0.25) is 0 Å². The fourth-order valence-corrected chi connectivity index (χ4v) is 3.08. The van der Waals surface area contributed by atoms with Gasteiger partial charge in [0.05, 0.1) is 23.8 Å². The highest BCUT2D eigenvalue weighted by Gasteiger charge is 2.13. The number of aliphatic hydroxyl groups is 1. The zero-order chi connectivity index (χ0) is 18.1. The molecule has 4 nitrogen and oxygen atoms in total. The van der Waals surface area contributed by atoms with Crippen molar-refractivity contribution in [3.05, 3.63) is 58.1 Å². The van der Waals surface area contributed by atoms with Gasteiger partial charge in [-0.15, -0.1) is 0 Å². The van der Waals surface area contributed by atoms with Crippen LogP contribution in [0.5, 0.6) is 11.5 Å². The molecule has 2 aromatic rings. The molecule has 2 rings (SSSR count). The molecule has 1 atom stereocenters. The molecule has 136 valence electrons. The van der Waals surface area contributed by atoms with Gasteiger partial charge in [-0.3, -0.25) is 0 Å². The molecule has 0 radical (unpaired) electrons. The first-order valence-electron chi connectivity index (χ1n) is 8.67. The first kappa shape index (κ1) is 19.8. The van der Waals surface area contributed by atoms with Crippen LogP contribution in [0.3, 0.4) is 0 Å². The lowest BCUT2D eigenvalue weighted by atomic mass is 10.1. The maximum Gasteiger partial charge on any atom is 0.175 e. The third kappa shape index (κ3) is 6.03. The Kier molecular flexibility index (Phi) is 8.25. The van der Waals surface area contributed by atoms with Crippen LogP contribution < -0.4 is 14.8 Å². The van der Waals surface area contributed by atoms with Crippen LogP contribution in [0.15, 0.2) is 46.9 Å². The normalized spacial score (nSPS) is 12.0. The lowest BCUT2D eigenvalue weighted by Gasteiger charge is -2.16. The Morgan fingerprint density at radius 1 is 1.12 bits per heavy atom. The Bertz CT molecular complexity index is 649. The van der Waals surface area contributed by atoms with E-state index in [1.54, 1.807) is 0 Å². The molecule has 0 aliphatic heterocycles. The summed E-state index contributed by atoms with van der Waals surface area (Å²) in [6.07, 6.45) is 0.418. The van der Waals surface area contributed by atoms with E-state index >= 15 is 0 Å². The van der Waals surface area contributed by atoms with Gasteiger partial charge in [-0.05, 0) is 52.5 Å². The molecule has 5 heteroatoms. The van der Waals surface area contributed by atoms with Crippen LogP contribution in [0.1, 0.15) is 37.5 Å². The van der Waals surface area contributed by atoms with Crippen LogP contribution in [-0.2, 0) is 6.54 Å². The first-order valence-corrected chi connectivity index (χ1v) is 9.46. The van der Waals surface area contributed by atoms with Gasteiger partial charge in [0.25, 0.3) is 0 Å². The van der Waals surface area contributed by atoms with Gasteiger partial charge in [0.1, 0.15) is 0 Å². The van der Waals surface area contributed by atoms with E-state index in [1.807, 2.05) is 49.4 Å². The molecule has 0 aliphatic rings. The second-order valence-electron chi connectivity index (χ2n) is 5.74. The van der Waals surface area contributed by atoms with E-state index in [1.165, 1.54) is 0 Å². The van der Waals surface area contributed by atoms with Gasteiger partial charge >= 0.3 is 0 Å². The van der Waals surface area contributed by atoms with Gasteiger partial charge in [-0.25, -0.2) is 0 Å². The molecule has 0 amide bonds. The molecule has 0 aliphatic carbocycles. The Morgan fingerprint density at radius 2 is 1.88 bits per heavy atom. The zero-order valence-electron chi connectivity index (χ0n) is 14.8. The monoisotopic (exact) mass is 407 g/mol. The van der Waals surface area contributed by atoms with Crippen molar-refractivity contribution in [2.75, 3.05) is 19.8 Å². The molecule has 0 unspecified atom stereocenters. The fraction of sp³-hybridized carbons (Fsp3) is 0.400. The Balaban J connectivity index is 1.99. The number of rotatable bonds is 10. The van der Waals surface area contributed by atoms with Crippen molar-refractivity contribution in [1.29, 1.82) is 0 Å². The number of aliphatic hydroxyl groups excluding tert-OH is 1. The molecule has 0 heterocycles. The summed E-state index contributed by atoms with van der Waals surface area (Å²) >= 11 is 3.57. The predicted molar refractivity (Wildman–Crippen MR) is 104 cm³/mol. The molecule has 0 spiro atoms. The smallest absolute Gasteiger partial charge is 0.175 e. The van der Waals surface area contributed by atoms with Crippen molar-refractivity contribution in [2.24, 2.45) is 0 Å². The van der Waals surface area contributed by atoms with Crippen LogP contribution >= 0.6 is 15.9 Å². The van der Waals surface area contributed by atoms with Crippen LogP contribution in [0, 0.1) is 0 Å². The van der Waals surface area contributed by atoms with E-state index in [4.69, 9.17) is 9.47 Å². The summed E-state index contributed by atoms with van der Waals surface area (Å²) in [7, 11) is 0. The average Bonchev–Trinajstić information content (AvgIpc) is 2.62. The third-order valence-electron chi connectivity index (χ3n) is 3.67. The Labute approximate surface area is 158 Å². The minimum atomic E-state index is -0.525. The molecule has 0 saturated heterocycles. The Morgan fingerprint density at radius 3 is 2.56 bits per heavy atom. The second-order valence-corrected chi connectivity index (χ2v) is 6.60. The predicted octanol–water partition coefficient (Wildman–Crippen LogP) is 4.46. The molecule has 0 saturated carbocycles. The number of halogens is 1. The highest BCUT2D eigenvalue weighted by atomic mass is 79.9. The number of nitrogens with one attached hydrogen (secondary N) is 1. The number of hydrogen-bond acceptors (Lipinski definition) is 4. The zero-order valence-corrected chi connectivity index (χ0v) is 16.4. The lowest BCUT2D eigenvalue weighted by Crippen LogP contribution is -2.21. The van der Waals surface area contributed by atoms with Gasteiger partial charge < -0.3 is 19.9 Å². The molecule has 0 fully saturated rings. The van der Waals surface area contributed by atoms with E-state index in [9.17, 15) is 5.11 Å². The van der Waals surface area contributed by atoms with Crippen molar-refractivity contribution >= 4 is 15.9 Å². The molecular formula is C20H26BrNO3. The largest absolute Gasteiger partial charge is 0.490 e. The van der Waals surface area contributed by atoms with Crippen LogP contribution in [-0.4, -0.2) is 24.9 Å². The summed E-state index contributed by atoms with van der Waals surface area (Å²) in [6, 6.07) is 13.7. The topological polar surface area (TPSA) is 50.7 Å². The summed E-state index contributed by atoms with van der Waals surface area (Å²) in [6.45, 7) is 6.39. The summed E-state index contributed by atoms with van der Waals surface area (Å²) in [5.41, 5.74) is 1.98. The highest BCUT2D eigenvalue weighted by Crippen LogP contribution is 2.37. The minimum absolute atomic E-state index is 0.486. The van der Waals surface area contributed by atoms with Gasteiger partial charge in [0, 0.05) is 13.1 Å². The van der Waals surface area contributed by atoms with Crippen LogP contribution in [0.25, 0.3) is 0 Å². The van der Waals surface area contributed by atoms with Gasteiger partial charge in [-0.2, -0.15) is 0 Å². The lowest BCUT2D eigenvalue weighted by molar-refractivity contribution is 0.174. The SMILES string of the molecule is CCCOc1c(Br)cc(CNC[C@@H](O)c2ccccc2)cc1OCC. The molecule has 25 heavy (non-hydrogen) atoms. The van der Waals surface area contributed by atoms with Crippen molar-refractivity contribution in [1.82, 2.24) is 5.32 Å². The van der Waals surface area contributed by atoms with E-state index in [0.29, 0.717) is 26.3 Å². The maximum atomic E-state index is 10.2. The number of ether oxygens (including phenoxy) is 2. The summed E-state index contributed by atoms with van der Waals surface area (Å²) in [5, 5.41) is 13.5. The molecular weight excluding hydrogens is 382 g/mol. The van der Waals surface area contributed by atoms with Gasteiger partial charge in [0.15, 0.2) is 11.5 Å². The molecule has 0 bridgehead atoms. The third-order valence-corrected chi connectivity index (χ3v) is 4.26. The highest BCUT2D eigenvalue weighted by molar-refractivity contribution is 9.10. The first-order chi connectivity index (χ1) is 12.2. The van der Waals surface area contributed by atoms with Crippen molar-refractivity contribution in [3.63, 3.8) is 0 Å². The van der Waals surface area contributed by atoms with E-state index in [-0.39, 0.29) is 0 Å². The summed E-state index contributed by atoms with van der Waals surface area (Å²) < 4.78 is 12.4. The van der Waals surface area contributed by atoms with Crippen LogP contribution in [0.4, 0.5) is 0 Å². The van der Waals surface area contributed by atoms with Crippen molar-refractivity contribution < 1.29 is 14.6 Å². The Hall–Kier alpha value is -1.56. The second kappa shape index (κ2) is 10.4. The fourth-order valence-electron chi connectivity index (χ4n) is 2.48. The molecule has 2 aromatic carbocycles. The number of hydrogen-bond donors (Lipinski definition) is 2. The van der Waals surface area contributed by atoms with Crippen molar-refractivity contribution in [2.45, 2.75) is 32.9 Å². The summed E-state index contributed by atoms with van der Waals surface area (Å²) in [5.74, 6) is 1.49. The number of benzene rings is 2. The minimum Gasteiger partial charge on any atom is -0.490 e.